The minimum Gasteiger partial charge on any atom is -0.481 e. The molecule has 2 aliphatic rings. The zero-order valence-electron chi connectivity index (χ0n) is 11.2. The van der Waals surface area contributed by atoms with Crippen LogP contribution >= 0.6 is 0 Å². The predicted octanol–water partition coefficient (Wildman–Crippen LogP) is 0.220. The average Bonchev–Trinajstić information content (AvgIpc) is 3.06. The van der Waals surface area contributed by atoms with Crippen LogP contribution in [0.25, 0.3) is 0 Å². The van der Waals surface area contributed by atoms with Gasteiger partial charge in [-0.1, -0.05) is 12.2 Å². The quantitative estimate of drug-likeness (QED) is 0.570. The molecule has 0 spiro atoms. The average molecular weight is 282 g/mol. The van der Waals surface area contributed by atoms with Crippen molar-refractivity contribution in [2.45, 2.75) is 18.9 Å². The maximum absolute atomic E-state index is 12.0. The van der Waals surface area contributed by atoms with Gasteiger partial charge in [0, 0.05) is 13.1 Å². The van der Waals surface area contributed by atoms with Gasteiger partial charge in [-0.3, -0.25) is 9.59 Å². The van der Waals surface area contributed by atoms with E-state index < -0.39 is 11.9 Å². The van der Waals surface area contributed by atoms with Gasteiger partial charge in [0.2, 0.25) is 0 Å². The number of aliphatic carboxylic acids is 1. The van der Waals surface area contributed by atoms with Crippen LogP contribution in [0.5, 0.6) is 0 Å². The number of likely N-dealkylation sites (tertiary alicyclic amines) is 1. The number of nitrogens with zero attached hydrogens (tertiary/aromatic N) is 1. The topological polar surface area (TPSA) is 95.9 Å². The van der Waals surface area contributed by atoms with Crippen LogP contribution in [0.1, 0.15) is 12.8 Å². The molecule has 7 heteroatoms. The summed E-state index contributed by atoms with van der Waals surface area (Å²) in [5, 5.41) is 11.6. The number of rotatable bonds is 3. The van der Waals surface area contributed by atoms with E-state index in [-0.39, 0.29) is 24.0 Å². The van der Waals surface area contributed by atoms with E-state index in [2.05, 4.69) is 10.1 Å². The lowest BCUT2D eigenvalue weighted by atomic mass is 10.1. The lowest BCUT2D eigenvalue weighted by Gasteiger charge is -2.20. The predicted molar refractivity (Wildman–Crippen MR) is 68.9 cm³/mol. The number of carboxylic acid groups (broad SMARTS) is 1. The molecular weight excluding hydrogens is 264 g/mol. The third-order valence-electron chi connectivity index (χ3n) is 3.72. The van der Waals surface area contributed by atoms with E-state index in [4.69, 9.17) is 5.11 Å². The molecule has 20 heavy (non-hydrogen) atoms. The van der Waals surface area contributed by atoms with E-state index in [1.165, 1.54) is 7.11 Å². The van der Waals surface area contributed by atoms with Crippen LogP contribution < -0.4 is 5.32 Å². The molecule has 7 nitrogen and oxygen atoms in total. The molecule has 2 rings (SSSR count). The summed E-state index contributed by atoms with van der Waals surface area (Å²) in [5.41, 5.74) is 0. The van der Waals surface area contributed by atoms with Crippen LogP contribution in [-0.2, 0) is 14.3 Å². The Kier molecular flexibility index (Phi) is 4.26. The summed E-state index contributed by atoms with van der Waals surface area (Å²) in [7, 11) is 1.33. The first-order valence-electron chi connectivity index (χ1n) is 6.55. The number of methoxy groups -OCH3 is 1. The maximum atomic E-state index is 12.0. The number of ether oxygens (including phenoxy) is 1. The Bertz CT molecular complexity index is 448. The Labute approximate surface area is 116 Å². The molecule has 1 heterocycles. The lowest BCUT2D eigenvalue weighted by Crippen LogP contribution is -2.43. The molecule has 0 aromatic carbocycles. The van der Waals surface area contributed by atoms with Crippen molar-refractivity contribution in [1.82, 2.24) is 10.2 Å². The number of carbonyl (C=O) groups excluding carboxylic acids is 2. The highest BCUT2D eigenvalue weighted by Gasteiger charge is 2.33. The van der Waals surface area contributed by atoms with Crippen LogP contribution in [0, 0.1) is 11.8 Å². The molecule has 0 aromatic rings. The second kappa shape index (κ2) is 5.94. The minimum absolute atomic E-state index is 0.263. The third-order valence-corrected chi connectivity index (χ3v) is 3.72. The van der Waals surface area contributed by atoms with Crippen molar-refractivity contribution in [3.63, 3.8) is 0 Å². The summed E-state index contributed by atoms with van der Waals surface area (Å²) >= 11 is 0. The summed E-state index contributed by atoms with van der Waals surface area (Å²) in [6.45, 7) is 0.849. The summed E-state index contributed by atoms with van der Waals surface area (Å²) in [4.78, 5) is 35.8. The van der Waals surface area contributed by atoms with E-state index in [0.717, 1.165) is 0 Å². The number of carboxylic acids is 1. The monoisotopic (exact) mass is 282 g/mol. The van der Waals surface area contributed by atoms with Gasteiger partial charge in [0.05, 0.1) is 25.0 Å². The van der Waals surface area contributed by atoms with Crippen LogP contribution in [-0.4, -0.2) is 54.2 Å². The SMILES string of the molecule is COC(=O)C1CCN(C(=O)NC2C=CC(C(=O)O)C2)C1. The smallest absolute Gasteiger partial charge is 0.317 e. The van der Waals surface area contributed by atoms with Crippen molar-refractivity contribution >= 4 is 18.0 Å². The number of nitrogens with one attached hydrogen (secondary N) is 1. The van der Waals surface area contributed by atoms with E-state index >= 15 is 0 Å². The number of hydrogen-bond acceptors (Lipinski definition) is 4. The number of carbonyl (C=O) groups is 3. The number of amides is 2. The highest BCUT2D eigenvalue weighted by molar-refractivity contribution is 5.79. The molecule has 2 N–H and O–H groups in total. The van der Waals surface area contributed by atoms with Crippen LogP contribution in [0.4, 0.5) is 4.79 Å². The summed E-state index contributed by atoms with van der Waals surface area (Å²) in [6.07, 6.45) is 4.26. The molecule has 3 unspecified atom stereocenters. The van der Waals surface area contributed by atoms with Crippen molar-refractivity contribution in [2.75, 3.05) is 20.2 Å². The Balaban J connectivity index is 1.81. The molecule has 0 radical (unpaired) electrons. The van der Waals surface area contributed by atoms with E-state index in [1.54, 1.807) is 17.1 Å². The van der Waals surface area contributed by atoms with Crippen LogP contribution in [0.2, 0.25) is 0 Å². The molecule has 1 saturated heterocycles. The molecule has 0 saturated carbocycles. The first-order valence-corrected chi connectivity index (χ1v) is 6.55. The highest BCUT2D eigenvalue weighted by atomic mass is 16.5. The van der Waals surface area contributed by atoms with Gasteiger partial charge < -0.3 is 20.1 Å². The van der Waals surface area contributed by atoms with E-state index in [1.807, 2.05) is 0 Å². The standard InChI is InChI=1S/C13H18N2O5/c1-20-12(18)9-4-5-15(7-9)13(19)14-10-3-2-8(6-10)11(16)17/h2-3,8-10H,4-7H2,1H3,(H,14,19)(H,16,17). The van der Waals surface area contributed by atoms with Crippen molar-refractivity contribution in [1.29, 1.82) is 0 Å². The molecular formula is C13H18N2O5. The fourth-order valence-corrected chi connectivity index (χ4v) is 2.54. The summed E-state index contributed by atoms with van der Waals surface area (Å²) < 4.78 is 4.66. The van der Waals surface area contributed by atoms with Crippen molar-refractivity contribution in [3.05, 3.63) is 12.2 Å². The van der Waals surface area contributed by atoms with E-state index in [9.17, 15) is 14.4 Å². The van der Waals surface area contributed by atoms with Gasteiger partial charge in [-0.2, -0.15) is 0 Å². The van der Waals surface area contributed by atoms with Gasteiger partial charge in [-0.25, -0.2) is 4.79 Å². The Morgan fingerprint density at radius 3 is 2.70 bits per heavy atom. The van der Waals surface area contributed by atoms with Crippen molar-refractivity contribution in [2.24, 2.45) is 11.8 Å². The van der Waals surface area contributed by atoms with E-state index in [0.29, 0.717) is 25.9 Å². The molecule has 1 aliphatic heterocycles. The maximum Gasteiger partial charge on any atom is 0.317 e. The first kappa shape index (κ1) is 14.4. The first-order chi connectivity index (χ1) is 9.51. The molecule has 3 atom stereocenters. The van der Waals surface area contributed by atoms with Gasteiger partial charge in [0.25, 0.3) is 0 Å². The zero-order valence-corrected chi connectivity index (χ0v) is 11.2. The number of urea groups is 1. The Hall–Kier alpha value is -2.05. The molecule has 110 valence electrons. The molecule has 0 bridgehead atoms. The molecule has 2 amide bonds. The largest absolute Gasteiger partial charge is 0.481 e. The molecule has 1 fully saturated rings. The summed E-state index contributed by atoms with van der Waals surface area (Å²) in [6, 6.07) is -0.530. The third kappa shape index (κ3) is 3.09. The van der Waals surface area contributed by atoms with Gasteiger partial charge >= 0.3 is 18.0 Å². The lowest BCUT2D eigenvalue weighted by molar-refractivity contribution is -0.145. The Morgan fingerprint density at radius 1 is 1.35 bits per heavy atom. The second-order valence-electron chi connectivity index (χ2n) is 5.08. The van der Waals surface area contributed by atoms with Gasteiger partial charge in [0.1, 0.15) is 0 Å². The fourth-order valence-electron chi connectivity index (χ4n) is 2.54. The number of hydrogen-bond donors (Lipinski definition) is 2. The summed E-state index contributed by atoms with van der Waals surface area (Å²) in [5.74, 6) is -1.99. The molecule has 1 aliphatic carbocycles. The van der Waals surface area contributed by atoms with Crippen molar-refractivity contribution < 1.29 is 24.2 Å². The van der Waals surface area contributed by atoms with Gasteiger partial charge in [-0.15, -0.1) is 0 Å². The zero-order chi connectivity index (χ0) is 14.7. The van der Waals surface area contributed by atoms with Crippen molar-refractivity contribution in [3.8, 4) is 0 Å². The molecule has 0 aromatic heterocycles. The fraction of sp³-hybridized carbons (Fsp3) is 0.615. The van der Waals surface area contributed by atoms with Crippen LogP contribution in [0.15, 0.2) is 12.2 Å². The van der Waals surface area contributed by atoms with Gasteiger partial charge in [-0.05, 0) is 12.8 Å². The number of esters is 1. The second-order valence-corrected chi connectivity index (χ2v) is 5.08. The Morgan fingerprint density at radius 2 is 2.10 bits per heavy atom. The highest BCUT2D eigenvalue weighted by Crippen LogP contribution is 2.20. The van der Waals surface area contributed by atoms with Gasteiger partial charge in [0.15, 0.2) is 0 Å². The normalized spacial score (nSPS) is 28.4. The minimum atomic E-state index is -0.884. The van der Waals surface area contributed by atoms with Crippen LogP contribution in [0.3, 0.4) is 0 Å².